The van der Waals surface area contributed by atoms with Crippen LogP contribution in [0.15, 0.2) is 48.7 Å². The van der Waals surface area contributed by atoms with Crippen molar-refractivity contribution in [2.24, 2.45) is 0 Å². The molecule has 1 aromatic carbocycles. The van der Waals surface area contributed by atoms with Crippen molar-refractivity contribution >= 4 is 33.0 Å². The molecule has 0 unspecified atom stereocenters. The normalized spacial score (nSPS) is 10.9. The molecule has 2 heterocycles. The van der Waals surface area contributed by atoms with E-state index in [1.807, 2.05) is 12.1 Å². The Morgan fingerprint density at radius 2 is 1.94 bits per heavy atom. The van der Waals surface area contributed by atoms with Crippen LogP contribution in [0.25, 0.3) is 10.1 Å². The molecule has 0 aliphatic rings. The smallest absolute Gasteiger partial charge is 0.146 e. The molecule has 3 heteroatoms. The maximum absolute atomic E-state index is 6.07. The van der Waals surface area contributed by atoms with Gasteiger partial charge in [0.1, 0.15) is 5.15 Å². The molecule has 2 aromatic heterocycles. The fourth-order valence-corrected chi connectivity index (χ4v) is 3.22. The first-order valence-electron chi connectivity index (χ1n) is 5.40. The molecule has 0 aliphatic carbocycles. The lowest BCUT2D eigenvalue weighted by Crippen LogP contribution is -1.81. The summed E-state index contributed by atoms with van der Waals surface area (Å²) in [6.07, 6.45) is 2.71. The molecule has 17 heavy (non-hydrogen) atoms. The predicted octanol–water partition coefficient (Wildman–Crippen LogP) is 4.54. The summed E-state index contributed by atoms with van der Waals surface area (Å²) in [6.45, 7) is 0. The van der Waals surface area contributed by atoms with Crippen LogP contribution >= 0.6 is 22.9 Å². The summed E-state index contributed by atoms with van der Waals surface area (Å²) < 4.78 is 1.08. The number of pyridine rings is 1. The first kappa shape index (κ1) is 10.8. The van der Waals surface area contributed by atoms with E-state index in [-0.39, 0.29) is 0 Å². The Morgan fingerprint density at radius 1 is 1.12 bits per heavy atom. The number of aromatic nitrogens is 1. The second-order valence-electron chi connectivity index (χ2n) is 3.90. The van der Waals surface area contributed by atoms with Crippen molar-refractivity contribution in [3.05, 3.63) is 64.3 Å². The highest BCUT2D eigenvalue weighted by molar-refractivity contribution is 7.19. The monoisotopic (exact) mass is 259 g/mol. The minimum atomic E-state index is 0.604. The van der Waals surface area contributed by atoms with Crippen molar-refractivity contribution < 1.29 is 0 Å². The third-order valence-electron chi connectivity index (χ3n) is 2.66. The molecule has 0 saturated carbocycles. The van der Waals surface area contributed by atoms with Crippen molar-refractivity contribution in [1.82, 2.24) is 4.98 Å². The van der Waals surface area contributed by atoms with Crippen LogP contribution in [-0.4, -0.2) is 4.98 Å². The van der Waals surface area contributed by atoms with E-state index in [0.29, 0.717) is 5.15 Å². The first-order chi connectivity index (χ1) is 8.33. The van der Waals surface area contributed by atoms with Crippen molar-refractivity contribution in [2.75, 3.05) is 0 Å². The van der Waals surface area contributed by atoms with Crippen LogP contribution in [-0.2, 0) is 6.42 Å². The molecule has 0 bridgehead atoms. The Morgan fingerprint density at radius 3 is 2.71 bits per heavy atom. The summed E-state index contributed by atoms with van der Waals surface area (Å²) in [4.78, 5) is 5.42. The van der Waals surface area contributed by atoms with E-state index < -0.39 is 0 Å². The summed E-state index contributed by atoms with van der Waals surface area (Å²) >= 11 is 7.80. The standard InChI is InChI=1S/C14H10ClNS/c15-14-13-11(6-7-16-14)9-12(17-13)8-10-4-2-1-3-5-10/h1-7,9H,8H2. The lowest BCUT2D eigenvalue weighted by molar-refractivity contribution is 1.24. The van der Waals surface area contributed by atoms with E-state index in [2.05, 4.69) is 35.3 Å². The number of halogens is 1. The Labute approximate surface area is 109 Å². The lowest BCUT2D eigenvalue weighted by atomic mass is 10.1. The zero-order chi connectivity index (χ0) is 11.7. The van der Waals surface area contributed by atoms with Crippen molar-refractivity contribution in [3.8, 4) is 0 Å². The third kappa shape index (κ3) is 2.19. The van der Waals surface area contributed by atoms with Gasteiger partial charge in [-0.15, -0.1) is 11.3 Å². The topological polar surface area (TPSA) is 12.9 Å². The van der Waals surface area contributed by atoms with E-state index in [1.54, 1.807) is 17.5 Å². The maximum atomic E-state index is 6.07. The van der Waals surface area contributed by atoms with Crippen molar-refractivity contribution in [1.29, 1.82) is 0 Å². The highest BCUT2D eigenvalue weighted by Crippen LogP contribution is 2.31. The van der Waals surface area contributed by atoms with Gasteiger partial charge in [-0.1, -0.05) is 41.9 Å². The van der Waals surface area contributed by atoms with Crippen LogP contribution in [0.2, 0.25) is 5.15 Å². The largest absolute Gasteiger partial charge is 0.243 e. The van der Waals surface area contributed by atoms with Gasteiger partial charge in [-0.2, -0.15) is 0 Å². The van der Waals surface area contributed by atoms with Gasteiger partial charge in [0, 0.05) is 17.5 Å². The third-order valence-corrected chi connectivity index (χ3v) is 4.22. The number of benzene rings is 1. The average molecular weight is 260 g/mol. The minimum Gasteiger partial charge on any atom is -0.243 e. The number of fused-ring (bicyclic) bond motifs is 1. The zero-order valence-corrected chi connectivity index (χ0v) is 10.6. The molecule has 0 amide bonds. The van der Waals surface area contributed by atoms with Gasteiger partial charge in [0.25, 0.3) is 0 Å². The molecule has 0 fully saturated rings. The molecule has 1 nitrogen and oxygen atoms in total. The molecule has 0 atom stereocenters. The highest BCUT2D eigenvalue weighted by Gasteiger charge is 2.06. The van der Waals surface area contributed by atoms with Gasteiger partial charge in [-0.25, -0.2) is 4.98 Å². The fourth-order valence-electron chi connectivity index (χ4n) is 1.87. The number of hydrogen-bond donors (Lipinski definition) is 0. The van der Waals surface area contributed by atoms with Crippen LogP contribution in [0.1, 0.15) is 10.4 Å². The summed E-state index contributed by atoms with van der Waals surface area (Å²) in [5.74, 6) is 0. The molecule has 0 radical (unpaired) electrons. The van der Waals surface area contributed by atoms with E-state index in [1.165, 1.54) is 15.8 Å². The van der Waals surface area contributed by atoms with Gasteiger partial charge in [-0.3, -0.25) is 0 Å². The quantitative estimate of drug-likeness (QED) is 0.616. The molecule has 0 saturated heterocycles. The lowest BCUT2D eigenvalue weighted by Gasteiger charge is -1.96. The maximum Gasteiger partial charge on any atom is 0.146 e. The fraction of sp³-hybridized carbons (Fsp3) is 0.0714. The number of thiophene rings is 1. The SMILES string of the molecule is Clc1nccc2cc(Cc3ccccc3)sc12. The van der Waals surface area contributed by atoms with E-state index in [9.17, 15) is 0 Å². The summed E-state index contributed by atoms with van der Waals surface area (Å²) in [7, 11) is 0. The minimum absolute atomic E-state index is 0.604. The summed E-state index contributed by atoms with van der Waals surface area (Å²) in [5, 5.41) is 1.78. The zero-order valence-electron chi connectivity index (χ0n) is 9.06. The van der Waals surface area contributed by atoms with Crippen molar-refractivity contribution in [3.63, 3.8) is 0 Å². The van der Waals surface area contributed by atoms with Crippen LogP contribution in [0, 0.1) is 0 Å². The van der Waals surface area contributed by atoms with Gasteiger partial charge < -0.3 is 0 Å². The summed E-state index contributed by atoms with van der Waals surface area (Å²) in [5.41, 5.74) is 1.32. The Kier molecular flexibility index (Phi) is 2.83. The number of rotatable bonds is 2. The van der Waals surface area contributed by atoms with Crippen LogP contribution in [0.3, 0.4) is 0 Å². The van der Waals surface area contributed by atoms with E-state index in [0.717, 1.165) is 11.1 Å². The number of nitrogens with zero attached hydrogens (tertiary/aromatic N) is 1. The van der Waals surface area contributed by atoms with Gasteiger partial charge in [0.05, 0.1) is 4.70 Å². The van der Waals surface area contributed by atoms with Crippen LogP contribution in [0.4, 0.5) is 0 Å². The van der Waals surface area contributed by atoms with Crippen LogP contribution < -0.4 is 0 Å². The van der Waals surface area contributed by atoms with Gasteiger partial charge >= 0.3 is 0 Å². The van der Waals surface area contributed by atoms with Gasteiger partial charge in [-0.05, 0) is 23.1 Å². The molecular formula is C14H10ClNS. The molecule has 3 rings (SSSR count). The van der Waals surface area contributed by atoms with Crippen molar-refractivity contribution in [2.45, 2.75) is 6.42 Å². The highest BCUT2D eigenvalue weighted by atomic mass is 35.5. The van der Waals surface area contributed by atoms with Gasteiger partial charge in [0.15, 0.2) is 0 Å². The average Bonchev–Trinajstić information content (AvgIpc) is 2.74. The van der Waals surface area contributed by atoms with E-state index >= 15 is 0 Å². The molecular weight excluding hydrogens is 250 g/mol. The molecule has 0 aliphatic heterocycles. The van der Waals surface area contributed by atoms with Gasteiger partial charge in [0.2, 0.25) is 0 Å². The number of hydrogen-bond acceptors (Lipinski definition) is 2. The molecule has 0 spiro atoms. The Bertz CT molecular complexity index is 646. The molecule has 3 aromatic rings. The second-order valence-corrected chi connectivity index (χ2v) is 5.39. The predicted molar refractivity (Wildman–Crippen MR) is 73.9 cm³/mol. The van der Waals surface area contributed by atoms with E-state index in [4.69, 9.17) is 11.6 Å². The molecule has 84 valence electrons. The summed E-state index contributed by atoms with van der Waals surface area (Å²) in [6, 6.07) is 14.7. The Hall–Kier alpha value is -1.38. The van der Waals surface area contributed by atoms with Crippen LogP contribution in [0.5, 0.6) is 0 Å². The Balaban J connectivity index is 1.99. The molecule has 0 N–H and O–H groups in total. The first-order valence-corrected chi connectivity index (χ1v) is 6.59. The second kappa shape index (κ2) is 4.47.